The van der Waals surface area contributed by atoms with Crippen LogP contribution in [0.1, 0.15) is 23.6 Å². The number of nitrogens with zero attached hydrogens (tertiary/aromatic N) is 1. The van der Waals surface area contributed by atoms with E-state index in [0.717, 1.165) is 29.7 Å². The average Bonchev–Trinajstić information content (AvgIpc) is 2.64. The molecule has 0 saturated carbocycles. The largest absolute Gasteiger partial charge is 0.389 e. The van der Waals surface area contributed by atoms with Gasteiger partial charge in [0, 0.05) is 18.4 Å². The number of rotatable bonds is 7. The number of nitrogens with one attached hydrogen (secondary N) is 2. The number of anilines is 1. The number of amides is 1. The molecule has 0 aliphatic rings. The van der Waals surface area contributed by atoms with Gasteiger partial charge in [0.2, 0.25) is 0 Å². The Morgan fingerprint density at radius 2 is 1.92 bits per heavy atom. The molecule has 2 N–H and O–H groups in total. The number of carbonyl (C=O) groups is 1. The molecule has 2 rings (SSSR count). The Morgan fingerprint density at radius 3 is 2.60 bits per heavy atom. The Balaban J connectivity index is 1.98. The fraction of sp³-hybridized carbons (Fsp3) is 0.238. The minimum Gasteiger partial charge on any atom is -0.389 e. The number of benzene rings is 2. The van der Waals surface area contributed by atoms with Crippen LogP contribution >= 0.6 is 0 Å². The second kappa shape index (κ2) is 9.29. The maximum absolute atomic E-state index is 12.4. The number of aryl methyl sites for hydroxylation is 2. The highest BCUT2D eigenvalue weighted by molar-refractivity contribution is 6.07. The molecule has 0 spiro atoms. The quantitative estimate of drug-likeness (QED) is 0.461. The Hall–Kier alpha value is -3.06. The van der Waals surface area contributed by atoms with Gasteiger partial charge < -0.3 is 10.6 Å². The molecule has 0 aliphatic carbocycles. The van der Waals surface area contributed by atoms with E-state index < -0.39 is 5.91 Å². The maximum atomic E-state index is 12.4. The molecule has 0 saturated heterocycles. The minimum absolute atomic E-state index is 0.0679. The lowest BCUT2D eigenvalue weighted by molar-refractivity contribution is -0.112. The summed E-state index contributed by atoms with van der Waals surface area (Å²) in [7, 11) is 0. The molecule has 4 nitrogen and oxygen atoms in total. The molecule has 0 fully saturated rings. The zero-order valence-corrected chi connectivity index (χ0v) is 14.7. The first-order valence-electron chi connectivity index (χ1n) is 8.43. The zero-order chi connectivity index (χ0) is 18.1. The number of hydrogen-bond acceptors (Lipinski definition) is 3. The number of carbonyl (C=O) groups excluding carboxylic acids is 1. The summed E-state index contributed by atoms with van der Waals surface area (Å²) in [5, 5.41) is 15.2. The lowest BCUT2D eigenvalue weighted by Gasteiger charge is -2.12. The molecule has 0 bridgehead atoms. The normalized spacial score (nSPS) is 10.8. The number of para-hydroxylation sites is 1. The van der Waals surface area contributed by atoms with Crippen LogP contribution in [0.15, 0.2) is 60.3 Å². The van der Waals surface area contributed by atoms with Gasteiger partial charge >= 0.3 is 0 Å². The topological polar surface area (TPSA) is 64.9 Å². The van der Waals surface area contributed by atoms with Crippen LogP contribution in [-0.4, -0.2) is 12.5 Å². The molecule has 0 unspecified atom stereocenters. The maximum Gasteiger partial charge on any atom is 0.267 e. The van der Waals surface area contributed by atoms with Crippen LogP contribution in [0, 0.1) is 18.3 Å². The lowest BCUT2D eigenvalue weighted by Crippen LogP contribution is -2.19. The van der Waals surface area contributed by atoms with Crippen molar-refractivity contribution in [2.75, 3.05) is 11.9 Å². The van der Waals surface area contributed by atoms with Crippen LogP contribution in [0.4, 0.5) is 5.69 Å². The summed E-state index contributed by atoms with van der Waals surface area (Å²) in [6, 6.07) is 17.9. The van der Waals surface area contributed by atoms with Crippen LogP contribution in [0.3, 0.4) is 0 Å². The third-order valence-electron chi connectivity index (χ3n) is 3.99. The summed E-state index contributed by atoms with van der Waals surface area (Å²) in [5.41, 5.74) is 4.11. The van der Waals surface area contributed by atoms with Gasteiger partial charge in [-0.1, -0.05) is 55.5 Å². The van der Waals surface area contributed by atoms with Gasteiger partial charge in [0.1, 0.15) is 11.6 Å². The predicted molar refractivity (Wildman–Crippen MR) is 101 cm³/mol. The zero-order valence-electron chi connectivity index (χ0n) is 14.7. The van der Waals surface area contributed by atoms with Crippen LogP contribution in [-0.2, 0) is 17.6 Å². The van der Waals surface area contributed by atoms with Crippen molar-refractivity contribution in [2.45, 2.75) is 26.7 Å². The molecule has 128 valence electrons. The highest BCUT2D eigenvalue weighted by Crippen LogP contribution is 2.21. The fourth-order valence-electron chi connectivity index (χ4n) is 2.57. The fourth-order valence-corrected chi connectivity index (χ4v) is 2.57. The van der Waals surface area contributed by atoms with Crippen LogP contribution in [0.2, 0.25) is 0 Å². The van der Waals surface area contributed by atoms with E-state index in [1.54, 1.807) is 0 Å². The van der Waals surface area contributed by atoms with E-state index in [4.69, 9.17) is 0 Å². The first-order chi connectivity index (χ1) is 12.2. The Labute approximate surface area is 149 Å². The smallest absolute Gasteiger partial charge is 0.267 e. The van der Waals surface area contributed by atoms with E-state index in [-0.39, 0.29) is 5.57 Å². The third-order valence-corrected chi connectivity index (χ3v) is 3.99. The van der Waals surface area contributed by atoms with Gasteiger partial charge in [-0.3, -0.25) is 4.79 Å². The summed E-state index contributed by atoms with van der Waals surface area (Å²) in [5.74, 6) is -0.390. The van der Waals surface area contributed by atoms with Gasteiger partial charge in [-0.2, -0.15) is 5.26 Å². The average molecular weight is 333 g/mol. The van der Waals surface area contributed by atoms with E-state index in [9.17, 15) is 10.1 Å². The van der Waals surface area contributed by atoms with Crippen molar-refractivity contribution in [1.29, 1.82) is 5.26 Å². The molecule has 0 aromatic heterocycles. The van der Waals surface area contributed by atoms with Gasteiger partial charge in [0.15, 0.2) is 0 Å². The third kappa shape index (κ3) is 5.22. The molecular weight excluding hydrogens is 310 g/mol. The Morgan fingerprint density at radius 1 is 1.16 bits per heavy atom. The number of nitriles is 1. The molecule has 0 radical (unpaired) electrons. The van der Waals surface area contributed by atoms with E-state index in [2.05, 4.69) is 10.6 Å². The van der Waals surface area contributed by atoms with Crippen LogP contribution in [0.25, 0.3) is 0 Å². The molecule has 1 amide bonds. The number of hydrogen-bond donors (Lipinski definition) is 2. The summed E-state index contributed by atoms with van der Waals surface area (Å²) in [6.07, 6.45) is 3.13. The molecule has 0 heterocycles. The van der Waals surface area contributed by atoms with E-state index in [1.807, 2.05) is 68.4 Å². The van der Waals surface area contributed by atoms with Crippen molar-refractivity contribution in [3.05, 3.63) is 77.0 Å². The van der Waals surface area contributed by atoms with Gasteiger partial charge in [-0.25, -0.2) is 0 Å². The summed E-state index contributed by atoms with van der Waals surface area (Å²) in [4.78, 5) is 12.4. The highest BCUT2D eigenvalue weighted by atomic mass is 16.1. The van der Waals surface area contributed by atoms with Crippen molar-refractivity contribution < 1.29 is 4.79 Å². The van der Waals surface area contributed by atoms with Crippen LogP contribution in [0.5, 0.6) is 0 Å². The first-order valence-corrected chi connectivity index (χ1v) is 8.43. The highest BCUT2D eigenvalue weighted by Gasteiger charge is 2.12. The van der Waals surface area contributed by atoms with Crippen molar-refractivity contribution in [1.82, 2.24) is 5.32 Å². The van der Waals surface area contributed by atoms with Gasteiger partial charge in [-0.05, 0) is 36.5 Å². The van der Waals surface area contributed by atoms with Gasteiger partial charge in [0.05, 0.1) is 0 Å². The summed E-state index contributed by atoms with van der Waals surface area (Å²) >= 11 is 0. The standard InChI is InChI=1S/C21H23N3O/c1-3-18-11-7-8-16(2)20(18)24-21(25)19(14-22)15-23-13-12-17-9-5-4-6-10-17/h4-11,15,23H,3,12-13H2,1-2H3,(H,24,25)/b19-15-. The summed E-state index contributed by atoms with van der Waals surface area (Å²) < 4.78 is 0. The molecule has 2 aromatic rings. The lowest BCUT2D eigenvalue weighted by atomic mass is 10.1. The molecule has 0 aliphatic heterocycles. The first kappa shape index (κ1) is 18.3. The van der Waals surface area contributed by atoms with Gasteiger partial charge in [0.25, 0.3) is 5.91 Å². The molecule has 2 aromatic carbocycles. The second-order valence-electron chi connectivity index (χ2n) is 5.78. The molecular formula is C21H23N3O. The second-order valence-corrected chi connectivity index (χ2v) is 5.78. The van der Waals surface area contributed by atoms with E-state index in [1.165, 1.54) is 11.8 Å². The Kier molecular flexibility index (Phi) is 6.79. The van der Waals surface area contributed by atoms with Crippen LogP contribution < -0.4 is 10.6 Å². The predicted octanol–water partition coefficient (Wildman–Crippen LogP) is 3.74. The molecule has 0 atom stereocenters. The van der Waals surface area contributed by atoms with Crippen molar-refractivity contribution in [3.63, 3.8) is 0 Å². The Bertz CT molecular complexity index is 789. The van der Waals surface area contributed by atoms with Crippen molar-refractivity contribution >= 4 is 11.6 Å². The van der Waals surface area contributed by atoms with Crippen molar-refractivity contribution in [2.24, 2.45) is 0 Å². The van der Waals surface area contributed by atoms with Crippen molar-refractivity contribution in [3.8, 4) is 6.07 Å². The van der Waals surface area contributed by atoms with E-state index in [0.29, 0.717) is 6.54 Å². The van der Waals surface area contributed by atoms with Gasteiger partial charge in [-0.15, -0.1) is 0 Å². The molecule has 25 heavy (non-hydrogen) atoms. The summed E-state index contributed by atoms with van der Waals surface area (Å²) in [6.45, 7) is 4.65. The SMILES string of the molecule is CCc1cccc(C)c1NC(=O)/C(C#N)=C\NCCc1ccccc1. The molecule has 4 heteroatoms. The monoisotopic (exact) mass is 333 g/mol. The minimum atomic E-state index is -0.390. The van der Waals surface area contributed by atoms with E-state index >= 15 is 0 Å².